The highest BCUT2D eigenvalue weighted by Gasteiger charge is 2.34. The highest BCUT2D eigenvalue weighted by atomic mass is 32.2. The third-order valence-corrected chi connectivity index (χ3v) is 5.32. The maximum atomic E-state index is 12.2. The summed E-state index contributed by atoms with van der Waals surface area (Å²) in [6.45, 7) is 11.3. The summed E-state index contributed by atoms with van der Waals surface area (Å²) in [5.74, 6) is 2.14. The number of carbonyl (C=O) groups is 1. The molecule has 1 aliphatic rings. The molecule has 1 heterocycles. The highest BCUT2D eigenvalue weighted by Crippen LogP contribution is 2.25. The summed E-state index contributed by atoms with van der Waals surface area (Å²) in [7, 11) is 0. The lowest BCUT2D eigenvalue weighted by Crippen LogP contribution is -2.57. The first kappa shape index (κ1) is 16.3. The van der Waals surface area contributed by atoms with Gasteiger partial charge in [0.25, 0.3) is 0 Å². The molecular formula is C14H25N3OS. The first-order valence-corrected chi connectivity index (χ1v) is 7.92. The number of carbonyl (C=O) groups excluding carboxylic acids is 1. The molecule has 1 aliphatic heterocycles. The number of nitrogens with one attached hydrogen (secondary N) is 1. The summed E-state index contributed by atoms with van der Waals surface area (Å²) in [5, 5.41) is 12.1. The number of amides is 1. The molecule has 0 aromatic carbocycles. The van der Waals surface area contributed by atoms with Crippen molar-refractivity contribution in [3.8, 4) is 6.07 Å². The Bertz CT molecular complexity index is 375. The van der Waals surface area contributed by atoms with Crippen molar-refractivity contribution in [1.29, 1.82) is 5.26 Å². The average molecular weight is 283 g/mol. The van der Waals surface area contributed by atoms with Crippen LogP contribution in [0.5, 0.6) is 0 Å². The second kappa shape index (κ2) is 6.15. The van der Waals surface area contributed by atoms with Gasteiger partial charge in [-0.15, -0.1) is 0 Å². The lowest BCUT2D eigenvalue weighted by molar-refractivity contribution is -0.125. The highest BCUT2D eigenvalue weighted by molar-refractivity contribution is 7.99. The minimum absolute atomic E-state index is 0.0428. The summed E-state index contributed by atoms with van der Waals surface area (Å²) in [4.78, 5) is 14.4. The Morgan fingerprint density at radius 3 is 2.68 bits per heavy atom. The molecule has 1 saturated heterocycles. The van der Waals surface area contributed by atoms with E-state index in [0.717, 1.165) is 18.1 Å². The molecule has 1 N–H and O–H groups in total. The molecule has 5 heteroatoms. The summed E-state index contributed by atoms with van der Waals surface area (Å²) >= 11 is 1.93. The van der Waals surface area contributed by atoms with E-state index in [2.05, 4.69) is 30.1 Å². The number of thioether (sulfide) groups is 1. The molecular weight excluding hydrogens is 258 g/mol. The molecule has 0 bridgehead atoms. The van der Waals surface area contributed by atoms with Crippen molar-refractivity contribution >= 4 is 17.7 Å². The Kier molecular flexibility index (Phi) is 5.28. The van der Waals surface area contributed by atoms with Crippen LogP contribution in [0.4, 0.5) is 0 Å². The Hall–Kier alpha value is -0.730. The van der Waals surface area contributed by atoms with E-state index in [-0.39, 0.29) is 17.4 Å². The van der Waals surface area contributed by atoms with Gasteiger partial charge in [-0.2, -0.15) is 17.0 Å². The van der Waals surface area contributed by atoms with Crippen LogP contribution in [0.1, 0.15) is 34.6 Å². The summed E-state index contributed by atoms with van der Waals surface area (Å²) < 4.78 is 0. The molecule has 1 rings (SSSR count). The Balaban J connectivity index is 2.63. The molecule has 0 saturated carbocycles. The zero-order chi connectivity index (χ0) is 14.7. The van der Waals surface area contributed by atoms with Crippen LogP contribution < -0.4 is 5.32 Å². The van der Waals surface area contributed by atoms with Gasteiger partial charge in [0, 0.05) is 23.6 Å². The van der Waals surface area contributed by atoms with Crippen LogP contribution in [-0.4, -0.2) is 46.5 Å². The fraction of sp³-hybridized carbons (Fsp3) is 0.857. The van der Waals surface area contributed by atoms with Crippen molar-refractivity contribution in [3.05, 3.63) is 0 Å². The molecule has 0 spiro atoms. The van der Waals surface area contributed by atoms with Gasteiger partial charge in [0.05, 0.1) is 12.6 Å². The lowest BCUT2D eigenvalue weighted by atomic mass is 9.90. The van der Waals surface area contributed by atoms with Crippen LogP contribution in [0.3, 0.4) is 0 Å². The number of rotatable bonds is 4. The van der Waals surface area contributed by atoms with Crippen molar-refractivity contribution in [2.24, 2.45) is 5.92 Å². The zero-order valence-corrected chi connectivity index (χ0v) is 13.4. The predicted octanol–water partition coefficient (Wildman–Crippen LogP) is 1.87. The largest absolute Gasteiger partial charge is 0.337 e. The van der Waals surface area contributed by atoms with Crippen LogP contribution >= 0.6 is 11.8 Å². The second-order valence-electron chi connectivity index (χ2n) is 6.30. The topological polar surface area (TPSA) is 56.1 Å². The number of hydrogen-bond donors (Lipinski definition) is 1. The third kappa shape index (κ3) is 4.12. The number of nitriles is 1. The monoisotopic (exact) mass is 283 g/mol. The Morgan fingerprint density at radius 1 is 1.58 bits per heavy atom. The Morgan fingerprint density at radius 2 is 2.21 bits per heavy atom. The maximum Gasteiger partial charge on any atom is 0.235 e. The SMILES string of the molecule is CC(C)[C@](C)(C#N)NC(=O)CN1CCSCC1(C)C. The maximum absolute atomic E-state index is 12.2. The molecule has 0 unspecified atom stereocenters. The van der Waals surface area contributed by atoms with Gasteiger partial charge in [0.1, 0.15) is 5.54 Å². The molecule has 1 fully saturated rings. The van der Waals surface area contributed by atoms with Gasteiger partial charge in [-0.3, -0.25) is 9.69 Å². The molecule has 1 amide bonds. The smallest absolute Gasteiger partial charge is 0.235 e. The molecule has 0 aromatic heterocycles. The summed E-state index contributed by atoms with van der Waals surface area (Å²) in [6.07, 6.45) is 0. The van der Waals surface area contributed by atoms with E-state index in [0.29, 0.717) is 6.54 Å². The van der Waals surface area contributed by atoms with Crippen molar-refractivity contribution in [1.82, 2.24) is 10.2 Å². The number of hydrogen-bond acceptors (Lipinski definition) is 4. The van der Waals surface area contributed by atoms with Crippen LogP contribution in [-0.2, 0) is 4.79 Å². The molecule has 19 heavy (non-hydrogen) atoms. The minimum atomic E-state index is -0.786. The zero-order valence-electron chi connectivity index (χ0n) is 12.6. The normalized spacial score (nSPS) is 22.6. The van der Waals surface area contributed by atoms with Gasteiger partial charge >= 0.3 is 0 Å². The van der Waals surface area contributed by atoms with E-state index in [4.69, 9.17) is 0 Å². The quantitative estimate of drug-likeness (QED) is 0.856. The third-order valence-electron chi connectivity index (χ3n) is 3.94. The van der Waals surface area contributed by atoms with E-state index in [1.54, 1.807) is 6.92 Å². The minimum Gasteiger partial charge on any atom is -0.337 e. The van der Waals surface area contributed by atoms with Gasteiger partial charge in [-0.05, 0) is 26.7 Å². The van der Waals surface area contributed by atoms with Gasteiger partial charge in [-0.1, -0.05) is 13.8 Å². The van der Waals surface area contributed by atoms with Crippen molar-refractivity contribution < 1.29 is 4.79 Å². The van der Waals surface area contributed by atoms with E-state index >= 15 is 0 Å². The first-order chi connectivity index (χ1) is 8.71. The van der Waals surface area contributed by atoms with E-state index in [9.17, 15) is 10.1 Å². The molecule has 4 nitrogen and oxygen atoms in total. The fourth-order valence-electron chi connectivity index (χ4n) is 1.99. The molecule has 108 valence electrons. The van der Waals surface area contributed by atoms with Gasteiger partial charge in [0.15, 0.2) is 0 Å². The van der Waals surface area contributed by atoms with Gasteiger partial charge in [-0.25, -0.2) is 0 Å². The van der Waals surface area contributed by atoms with Crippen LogP contribution in [0.15, 0.2) is 0 Å². The molecule has 1 atom stereocenters. The van der Waals surface area contributed by atoms with Crippen molar-refractivity contribution in [3.63, 3.8) is 0 Å². The standard InChI is InChI=1S/C14H25N3OS/c1-11(2)14(5,9-15)16-12(18)8-17-6-7-19-10-13(17,3)4/h11H,6-8,10H2,1-5H3,(H,16,18)/t14-/m0/s1. The predicted molar refractivity (Wildman–Crippen MR) is 80.0 cm³/mol. The summed E-state index contributed by atoms with van der Waals surface area (Å²) in [5.41, 5.74) is -0.743. The van der Waals surface area contributed by atoms with Crippen molar-refractivity contribution in [2.45, 2.75) is 45.7 Å². The Labute approximate surface area is 120 Å². The summed E-state index contributed by atoms with van der Waals surface area (Å²) in [6, 6.07) is 2.21. The molecule has 0 aromatic rings. The first-order valence-electron chi connectivity index (χ1n) is 6.76. The van der Waals surface area contributed by atoms with Crippen LogP contribution in [0, 0.1) is 17.2 Å². The van der Waals surface area contributed by atoms with Crippen LogP contribution in [0.2, 0.25) is 0 Å². The van der Waals surface area contributed by atoms with E-state index < -0.39 is 5.54 Å². The van der Waals surface area contributed by atoms with Gasteiger partial charge in [0.2, 0.25) is 5.91 Å². The fourth-order valence-corrected chi connectivity index (χ4v) is 3.16. The lowest BCUT2D eigenvalue weighted by Gasteiger charge is -2.42. The molecule has 0 radical (unpaired) electrons. The van der Waals surface area contributed by atoms with Crippen LogP contribution in [0.25, 0.3) is 0 Å². The average Bonchev–Trinajstić information content (AvgIpc) is 2.31. The second-order valence-corrected chi connectivity index (χ2v) is 7.41. The van der Waals surface area contributed by atoms with E-state index in [1.165, 1.54) is 0 Å². The molecule has 0 aliphatic carbocycles. The number of nitrogens with zero attached hydrogens (tertiary/aromatic N) is 2. The van der Waals surface area contributed by atoms with Gasteiger partial charge < -0.3 is 5.32 Å². The van der Waals surface area contributed by atoms with E-state index in [1.807, 2.05) is 25.6 Å². The van der Waals surface area contributed by atoms with Crippen molar-refractivity contribution in [2.75, 3.05) is 24.6 Å².